The topological polar surface area (TPSA) is 243 Å². The zero-order valence-electron chi connectivity index (χ0n) is 20.0. The maximum atomic E-state index is 12.8. The first-order valence-corrected chi connectivity index (χ1v) is 11.1. The van der Waals surface area contributed by atoms with Crippen molar-refractivity contribution in [2.45, 2.75) is 76.7 Å². The summed E-state index contributed by atoms with van der Waals surface area (Å²) in [7, 11) is 0. The molecule has 5 unspecified atom stereocenters. The monoisotopic (exact) mass is 497 g/mol. The van der Waals surface area contributed by atoms with Crippen LogP contribution in [0.15, 0.2) is 12.5 Å². The summed E-state index contributed by atoms with van der Waals surface area (Å²) < 4.78 is 0. The van der Waals surface area contributed by atoms with Crippen LogP contribution in [-0.2, 0) is 30.4 Å². The maximum Gasteiger partial charge on any atom is 0.326 e. The number of aromatic nitrogens is 2. The van der Waals surface area contributed by atoms with Gasteiger partial charge in [-0.05, 0) is 25.7 Å². The molecule has 0 saturated heterocycles. The van der Waals surface area contributed by atoms with E-state index in [-0.39, 0.29) is 25.2 Å². The molecule has 0 aliphatic carbocycles. The van der Waals surface area contributed by atoms with Gasteiger partial charge < -0.3 is 42.6 Å². The van der Waals surface area contributed by atoms with Crippen molar-refractivity contribution in [1.29, 1.82) is 0 Å². The number of carboxylic acids is 1. The van der Waals surface area contributed by atoms with Crippen molar-refractivity contribution in [3.63, 3.8) is 0 Å². The average Bonchev–Trinajstić information content (AvgIpc) is 3.26. The predicted molar refractivity (Wildman–Crippen MR) is 123 cm³/mol. The van der Waals surface area contributed by atoms with E-state index in [0.29, 0.717) is 12.1 Å². The molecule has 4 amide bonds. The molecule has 0 radical (unpaired) electrons. The van der Waals surface area contributed by atoms with E-state index in [1.165, 1.54) is 19.4 Å². The van der Waals surface area contributed by atoms with Gasteiger partial charge in [0.05, 0.1) is 18.5 Å². The number of carboxylic acid groups (broad SMARTS) is 1. The first-order valence-electron chi connectivity index (χ1n) is 11.1. The molecular weight excluding hydrogens is 462 g/mol. The van der Waals surface area contributed by atoms with Crippen molar-refractivity contribution < 1.29 is 34.2 Å². The number of nitrogens with zero attached hydrogens (tertiary/aromatic N) is 1. The van der Waals surface area contributed by atoms with E-state index in [4.69, 9.17) is 11.5 Å². The largest absolute Gasteiger partial charge is 0.480 e. The van der Waals surface area contributed by atoms with Gasteiger partial charge in [0.25, 0.3) is 0 Å². The number of aliphatic hydroxyl groups is 1. The van der Waals surface area contributed by atoms with Crippen molar-refractivity contribution >= 4 is 29.6 Å². The third kappa shape index (κ3) is 10.5. The average molecular weight is 498 g/mol. The predicted octanol–water partition coefficient (Wildman–Crippen LogP) is -2.49. The lowest BCUT2D eigenvalue weighted by molar-refractivity contribution is -0.142. The number of amides is 4. The van der Waals surface area contributed by atoms with Gasteiger partial charge in [0, 0.05) is 24.7 Å². The minimum absolute atomic E-state index is 0.111. The summed E-state index contributed by atoms with van der Waals surface area (Å²) in [6, 6.07) is -5.11. The summed E-state index contributed by atoms with van der Waals surface area (Å²) in [4.78, 5) is 67.5. The lowest BCUT2D eigenvalue weighted by Crippen LogP contribution is -2.60. The van der Waals surface area contributed by atoms with Crippen LogP contribution < -0.4 is 27.4 Å². The van der Waals surface area contributed by atoms with Crippen LogP contribution in [0, 0.1) is 5.92 Å². The van der Waals surface area contributed by atoms with E-state index >= 15 is 0 Å². The van der Waals surface area contributed by atoms with E-state index in [0.717, 1.165) is 0 Å². The molecule has 1 rings (SSSR count). The molecule has 1 heterocycles. The van der Waals surface area contributed by atoms with Crippen LogP contribution in [0.3, 0.4) is 0 Å². The van der Waals surface area contributed by atoms with Crippen LogP contribution in [0.5, 0.6) is 0 Å². The molecule has 10 N–H and O–H groups in total. The number of aromatic amines is 1. The van der Waals surface area contributed by atoms with Gasteiger partial charge in [0.2, 0.25) is 23.6 Å². The summed E-state index contributed by atoms with van der Waals surface area (Å²) in [5.74, 6) is -4.44. The molecule has 0 aliphatic rings. The second-order valence-electron chi connectivity index (χ2n) is 8.71. The smallest absolute Gasteiger partial charge is 0.326 e. The molecule has 0 spiro atoms. The summed E-state index contributed by atoms with van der Waals surface area (Å²) in [5.41, 5.74) is 11.4. The zero-order chi connectivity index (χ0) is 26.7. The third-order valence-electron chi connectivity index (χ3n) is 5.03. The normalized spacial score (nSPS) is 15.4. The fourth-order valence-corrected chi connectivity index (χ4v) is 3.19. The van der Waals surface area contributed by atoms with Gasteiger partial charge in [-0.1, -0.05) is 13.8 Å². The SMILES string of the molecule is CC(C)CC(N)C(=O)NC(C(=O)NC(CCC(N)=O)C(=O)NC(Cc1cnc[nH]1)C(=O)O)C(C)O. The number of carbonyl (C=O) groups excluding carboxylic acids is 4. The minimum Gasteiger partial charge on any atom is -0.480 e. The van der Waals surface area contributed by atoms with Crippen molar-refractivity contribution in [2.24, 2.45) is 17.4 Å². The van der Waals surface area contributed by atoms with Gasteiger partial charge in [-0.15, -0.1) is 0 Å². The fourth-order valence-electron chi connectivity index (χ4n) is 3.19. The molecule has 0 bridgehead atoms. The number of H-pyrrole nitrogens is 1. The van der Waals surface area contributed by atoms with E-state index in [9.17, 15) is 34.2 Å². The number of carbonyl (C=O) groups is 5. The first kappa shape index (κ1) is 29.5. The number of hydrogen-bond donors (Lipinski definition) is 8. The highest BCUT2D eigenvalue weighted by Gasteiger charge is 2.32. The maximum absolute atomic E-state index is 12.8. The molecule has 14 nitrogen and oxygen atoms in total. The van der Waals surface area contributed by atoms with Crippen LogP contribution in [-0.4, -0.2) is 80.1 Å². The van der Waals surface area contributed by atoms with Crippen LogP contribution in [0.2, 0.25) is 0 Å². The number of nitrogens with one attached hydrogen (secondary N) is 4. The zero-order valence-corrected chi connectivity index (χ0v) is 20.0. The van der Waals surface area contributed by atoms with E-state index < -0.39 is 59.9 Å². The minimum atomic E-state index is -1.45. The van der Waals surface area contributed by atoms with Crippen molar-refractivity contribution in [3.8, 4) is 0 Å². The quantitative estimate of drug-likeness (QED) is 0.128. The second kappa shape index (κ2) is 14.0. The number of hydrogen-bond acceptors (Lipinski definition) is 8. The Balaban J connectivity index is 2.97. The van der Waals surface area contributed by atoms with E-state index in [1.54, 1.807) is 0 Å². The standard InChI is InChI=1S/C21H35N7O7/c1-10(2)6-13(22)18(31)28-17(11(3)29)20(33)26-14(4-5-16(23)30)19(32)27-15(21(34)35)7-12-8-24-9-25-12/h8-11,13-15,17,29H,4-7,22H2,1-3H3,(H2,23,30)(H,24,25)(H,26,33)(H,27,32)(H,28,31)(H,34,35). The fraction of sp³-hybridized carbons (Fsp3) is 0.619. The lowest BCUT2D eigenvalue weighted by Gasteiger charge is -2.26. The second-order valence-corrected chi connectivity index (χ2v) is 8.71. The van der Waals surface area contributed by atoms with Gasteiger partial charge in [0.15, 0.2) is 0 Å². The van der Waals surface area contributed by atoms with Gasteiger partial charge in [-0.3, -0.25) is 19.2 Å². The highest BCUT2D eigenvalue weighted by Crippen LogP contribution is 2.06. The molecule has 196 valence electrons. The number of rotatable bonds is 15. The molecule has 14 heteroatoms. The van der Waals surface area contributed by atoms with Gasteiger partial charge in [0.1, 0.15) is 18.1 Å². The number of aliphatic carboxylic acids is 1. The summed E-state index contributed by atoms with van der Waals surface area (Å²) in [5, 5.41) is 26.6. The van der Waals surface area contributed by atoms with Crippen LogP contribution in [0.4, 0.5) is 0 Å². The van der Waals surface area contributed by atoms with Gasteiger partial charge >= 0.3 is 5.97 Å². The Hall–Kier alpha value is -3.52. The Morgan fingerprint density at radius 2 is 1.66 bits per heavy atom. The molecule has 0 fully saturated rings. The van der Waals surface area contributed by atoms with Gasteiger partial charge in [-0.2, -0.15) is 0 Å². The Morgan fingerprint density at radius 1 is 1.03 bits per heavy atom. The van der Waals surface area contributed by atoms with Crippen LogP contribution in [0.1, 0.15) is 45.7 Å². The van der Waals surface area contributed by atoms with Gasteiger partial charge in [-0.25, -0.2) is 9.78 Å². The van der Waals surface area contributed by atoms with Crippen molar-refractivity contribution in [2.75, 3.05) is 0 Å². The third-order valence-corrected chi connectivity index (χ3v) is 5.03. The highest BCUT2D eigenvalue weighted by molar-refractivity contribution is 5.94. The van der Waals surface area contributed by atoms with Crippen LogP contribution in [0.25, 0.3) is 0 Å². The number of primary amides is 1. The first-order chi connectivity index (χ1) is 16.3. The molecule has 0 saturated carbocycles. The summed E-state index contributed by atoms with van der Waals surface area (Å²) in [6.07, 6.45) is 1.10. The highest BCUT2D eigenvalue weighted by atomic mass is 16.4. The molecule has 0 aliphatic heterocycles. The molecule has 5 atom stereocenters. The molecule has 0 aromatic carbocycles. The Bertz CT molecular complexity index is 873. The Labute approximate surface area is 202 Å². The summed E-state index contributed by atoms with van der Waals surface area (Å²) >= 11 is 0. The lowest BCUT2D eigenvalue weighted by atomic mass is 10.0. The number of aliphatic hydroxyl groups excluding tert-OH is 1. The molecular formula is C21H35N7O7. The molecule has 35 heavy (non-hydrogen) atoms. The Kier molecular flexibility index (Phi) is 11.8. The number of imidazole rings is 1. The van der Waals surface area contributed by atoms with Crippen molar-refractivity contribution in [1.82, 2.24) is 25.9 Å². The number of nitrogens with two attached hydrogens (primary N) is 2. The van der Waals surface area contributed by atoms with Crippen LogP contribution >= 0.6 is 0 Å². The molecule has 1 aromatic rings. The van der Waals surface area contributed by atoms with E-state index in [2.05, 4.69) is 25.9 Å². The molecule has 1 aromatic heterocycles. The van der Waals surface area contributed by atoms with E-state index in [1.807, 2.05) is 13.8 Å². The Morgan fingerprint density at radius 3 is 2.14 bits per heavy atom. The van der Waals surface area contributed by atoms with Crippen molar-refractivity contribution in [3.05, 3.63) is 18.2 Å². The summed E-state index contributed by atoms with van der Waals surface area (Å²) in [6.45, 7) is 5.00.